The Morgan fingerprint density at radius 1 is 1.07 bits per heavy atom. The molecule has 0 spiro atoms. The van der Waals surface area contributed by atoms with Crippen molar-refractivity contribution in [1.29, 1.82) is 0 Å². The van der Waals surface area contributed by atoms with Gasteiger partial charge in [-0.15, -0.1) is 0 Å². The number of urea groups is 1. The number of hydrogen-bond acceptors (Lipinski definition) is 2. The number of halogens is 3. The Balaban J connectivity index is 1.30. The summed E-state index contributed by atoms with van der Waals surface area (Å²) in [5.41, 5.74) is 2.31. The van der Waals surface area contributed by atoms with Crippen molar-refractivity contribution in [3.05, 3.63) is 65.2 Å². The van der Waals surface area contributed by atoms with Gasteiger partial charge in [-0.05, 0) is 55.2 Å². The molecule has 2 heterocycles. The zero-order valence-electron chi connectivity index (χ0n) is 16.2. The number of fused-ring (bicyclic) bond motifs is 2. The summed E-state index contributed by atoms with van der Waals surface area (Å²) in [7, 11) is 0. The summed E-state index contributed by atoms with van der Waals surface area (Å²) >= 11 is 0. The first kappa shape index (κ1) is 19.8. The molecule has 2 amide bonds. The molecule has 2 aliphatic heterocycles. The quantitative estimate of drug-likeness (QED) is 0.813. The number of nitrogens with one attached hydrogen (secondary N) is 1. The van der Waals surface area contributed by atoms with Gasteiger partial charge in [0.25, 0.3) is 0 Å². The van der Waals surface area contributed by atoms with Crippen molar-refractivity contribution in [2.75, 3.05) is 25.0 Å². The Morgan fingerprint density at radius 3 is 2.41 bits per heavy atom. The van der Waals surface area contributed by atoms with Crippen LogP contribution in [0, 0.1) is 6.92 Å². The van der Waals surface area contributed by atoms with Crippen LogP contribution < -0.4 is 5.32 Å². The predicted octanol–water partition coefficient (Wildman–Crippen LogP) is 4.55. The molecule has 154 valence electrons. The van der Waals surface area contributed by atoms with E-state index >= 15 is 0 Å². The van der Waals surface area contributed by atoms with Crippen molar-refractivity contribution in [3.63, 3.8) is 0 Å². The highest BCUT2D eigenvalue weighted by atomic mass is 19.4. The third-order valence-electron chi connectivity index (χ3n) is 6.01. The fourth-order valence-corrected chi connectivity index (χ4v) is 4.36. The van der Waals surface area contributed by atoms with E-state index in [9.17, 15) is 18.0 Å². The topological polar surface area (TPSA) is 35.6 Å². The summed E-state index contributed by atoms with van der Waals surface area (Å²) < 4.78 is 38.0. The van der Waals surface area contributed by atoms with E-state index in [1.165, 1.54) is 23.3 Å². The van der Waals surface area contributed by atoms with Crippen molar-refractivity contribution in [2.45, 2.75) is 38.0 Å². The maximum Gasteiger partial charge on any atom is 0.416 e. The molecule has 2 unspecified atom stereocenters. The molecule has 7 heteroatoms. The Labute approximate surface area is 168 Å². The number of benzene rings is 2. The van der Waals surface area contributed by atoms with Gasteiger partial charge in [0.05, 0.1) is 5.56 Å². The molecular weight excluding hydrogens is 379 g/mol. The minimum absolute atomic E-state index is 0.159. The third kappa shape index (κ3) is 4.24. The molecule has 0 radical (unpaired) electrons. The average molecular weight is 403 g/mol. The van der Waals surface area contributed by atoms with Crippen LogP contribution in [0.15, 0.2) is 48.5 Å². The van der Waals surface area contributed by atoms with Gasteiger partial charge in [-0.2, -0.15) is 13.2 Å². The highest BCUT2D eigenvalue weighted by molar-refractivity contribution is 5.90. The van der Waals surface area contributed by atoms with E-state index in [1.807, 2.05) is 11.0 Å². The highest BCUT2D eigenvalue weighted by Gasteiger charge is 2.44. The summed E-state index contributed by atoms with van der Waals surface area (Å²) in [4.78, 5) is 16.8. The lowest BCUT2D eigenvalue weighted by molar-refractivity contribution is -0.137. The van der Waals surface area contributed by atoms with Crippen molar-refractivity contribution in [2.24, 2.45) is 0 Å². The molecule has 0 aromatic heterocycles. The first-order chi connectivity index (χ1) is 13.8. The standard InChI is InChI=1S/C22H24F3N3O/c1-15-4-2-3-5-16(15)10-11-27-13-20-12-19(27)14-28(20)21(29)26-18-8-6-17(7-9-18)22(23,24)25/h2-9,19-20H,10-14H2,1H3,(H,26,29). The summed E-state index contributed by atoms with van der Waals surface area (Å²) in [5, 5.41) is 2.73. The number of hydrogen-bond donors (Lipinski definition) is 1. The van der Waals surface area contributed by atoms with Crippen molar-refractivity contribution in [3.8, 4) is 0 Å². The Bertz CT molecular complexity index is 882. The van der Waals surface area contributed by atoms with Gasteiger partial charge in [-0.3, -0.25) is 4.90 Å². The van der Waals surface area contributed by atoms with E-state index in [-0.39, 0.29) is 12.1 Å². The summed E-state index contributed by atoms with van der Waals surface area (Å²) in [5.74, 6) is 0. The second-order valence-electron chi connectivity index (χ2n) is 7.87. The predicted molar refractivity (Wildman–Crippen MR) is 106 cm³/mol. The van der Waals surface area contributed by atoms with E-state index in [1.54, 1.807) is 0 Å². The molecule has 1 N–H and O–H groups in total. The van der Waals surface area contributed by atoms with Crippen LogP contribution in [0.5, 0.6) is 0 Å². The first-order valence-electron chi connectivity index (χ1n) is 9.85. The number of likely N-dealkylation sites (tertiary alicyclic amines) is 2. The van der Waals surface area contributed by atoms with Gasteiger partial charge in [0.1, 0.15) is 0 Å². The van der Waals surface area contributed by atoms with Crippen LogP contribution in [0.3, 0.4) is 0 Å². The van der Waals surface area contributed by atoms with Gasteiger partial charge in [0.2, 0.25) is 0 Å². The number of carbonyl (C=O) groups excluding carboxylic acids is 1. The molecule has 2 aromatic carbocycles. The maximum atomic E-state index is 12.7. The SMILES string of the molecule is Cc1ccccc1CCN1CC2CC1CN2C(=O)Nc1ccc(C(F)(F)F)cc1. The number of rotatable bonds is 4. The van der Waals surface area contributed by atoms with Crippen LogP contribution in [0.2, 0.25) is 0 Å². The fraction of sp³-hybridized carbons (Fsp3) is 0.409. The van der Waals surface area contributed by atoms with Crippen LogP contribution in [-0.2, 0) is 12.6 Å². The van der Waals surface area contributed by atoms with Crippen LogP contribution in [0.4, 0.5) is 23.7 Å². The number of alkyl halides is 3. The fourth-order valence-electron chi connectivity index (χ4n) is 4.36. The second-order valence-corrected chi connectivity index (χ2v) is 7.87. The molecule has 0 saturated carbocycles. The normalized spacial score (nSPS) is 21.6. The summed E-state index contributed by atoms with van der Waals surface area (Å²) in [6.07, 6.45) is -2.43. The van der Waals surface area contributed by atoms with E-state index < -0.39 is 11.7 Å². The van der Waals surface area contributed by atoms with Gasteiger partial charge >= 0.3 is 12.2 Å². The van der Waals surface area contributed by atoms with Gasteiger partial charge in [-0.1, -0.05) is 24.3 Å². The second kappa shape index (κ2) is 7.71. The molecule has 0 aliphatic carbocycles. The number of carbonyl (C=O) groups is 1. The Morgan fingerprint density at radius 2 is 1.79 bits per heavy atom. The minimum Gasteiger partial charge on any atom is -0.319 e. The number of aryl methyl sites for hydroxylation is 1. The zero-order valence-corrected chi connectivity index (χ0v) is 16.2. The molecule has 2 atom stereocenters. The maximum absolute atomic E-state index is 12.7. The lowest BCUT2D eigenvalue weighted by atomic mass is 10.1. The molecule has 2 bridgehead atoms. The molecule has 4 rings (SSSR count). The van der Waals surface area contributed by atoms with Crippen molar-refractivity contribution in [1.82, 2.24) is 9.80 Å². The molecule has 29 heavy (non-hydrogen) atoms. The average Bonchev–Trinajstić information content (AvgIpc) is 3.28. The number of anilines is 1. The van der Waals surface area contributed by atoms with E-state index in [4.69, 9.17) is 0 Å². The van der Waals surface area contributed by atoms with Gasteiger partial charge in [0, 0.05) is 37.4 Å². The van der Waals surface area contributed by atoms with Crippen LogP contribution >= 0.6 is 0 Å². The molecule has 2 aliphatic rings. The van der Waals surface area contributed by atoms with Crippen LogP contribution in [-0.4, -0.2) is 47.5 Å². The minimum atomic E-state index is -4.38. The van der Waals surface area contributed by atoms with Gasteiger partial charge in [-0.25, -0.2) is 4.79 Å². The monoisotopic (exact) mass is 403 g/mol. The smallest absolute Gasteiger partial charge is 0.319 e. The first-order valence-corrected chi connectivity index (χ1v) is 9.85. The van der Waals surface area contributed by atoms with E-state index in [2.05, 4.69) is 35.3 Å². The Hall–Kier alpha value is -2.54. The van der Waals surface area contributed by atoms with Gasteiger partial charge in [0.15, 0.2) is 0 Å². The van der Waals surface area contributed by atoms with E-state index in [0.717, 1.165) is 38.1 Å². The zero-order chi connectivity index (χ0) is 20.6. The molecular formula is C22H24F3N3O. The summed E-state index contributed by atoms with van der Waals surface area (Å²) in [6.45, 7) is 4.60. The van der Waals surface area contributed by atoms with Crippen LogP contribution in [0.25, 0.3) is 0 Å². The number of piperazine rings is 1. The lowest BCUT2D eigenvalue weighted by Crippen LogP contribution is -2.50. The van der Waals surface area contributed by atoms with Gasteiger partial charge < -0.3 is 10.2 Å². The molecule has 2 saturated heterocycles. The summed E-state index contributed by atoms with van der Waals surface area (Å²) in [6, 6.07) is 13.2. The molecule has 2 aromatic rings. The van der Waals surface area contributed by atoms with Crippen LogP contribution in [0.1, 0.15) is 23.1 Å². The lowest BCUT2D eigenvalue weighted by Gasteiger charge is -2.34. The Kier molecular flexibility index (Phi) is 5.25. The molecule has 2 fully saturated rings. The largest absolute Gasteiger partial charge is 0.416 e. The molecule has 4 nitrogen and oxygen atoms in total. The third-order valence-corrected chi connectivity index (χ3v) is 6.01. The van der Waals surface area contributed by atoms with Crippen molar-refractivity contribution < 1.29 is 18.0 Å². The number of nitrogens with zero attached hydrogens (tertiary/aromatic N) is 2. The van der Waals surface area contributed by atoms with Crippen molar-refractivity contribution >= 4 is 11.7 Å². The number of amides is 2. The highest BCUT2D eigenvalue weighted by Crippen LogP contribution is 2.32. The van der Waals surface area contributed by atoms with E-state index in [0.29, 0.717) is 18.3 Å².